The first-order valence-electron chi connectivity index (χ1n) is 7.84. The molecule has 0 radical (unpaired) electrons. The Balaban J connectivity index is 2.18. The first-order valence-corrected chi connectivity index (χ1v) is 8.22. The Morgan fingerprint density at radius 1 is 1.33 bits per heavy atom. The second kappa shape index (κ2) is 9.40. The number of hydrogen-bond acceptors (Lipinski definition) is 6. The summed E-state index contributed by atoms with van der Waals surface area (Å²) in [6.07, 6.45) is 0.112. The molecule has 0 aliphatic heterocycles. The van der Waals surface area contributed by atoms with Gasteiger partial charge >= 0.3 is 5.69 Å². The summed E-state index contributed by atoms with van der Waals surface area (Å²) < 4.78 is 10.3. The van der Waals surface area contributed by atoms with Crippen LogP contribution in [0.3, 0.4) is 0 Å². The summed E-state index contributed by atoms with van der Waals surface area (Å²) in [5, 5.41) is 20.5. The van der Waals surface area contributed by atoms with E-state index in [2.05, 4.69) is 0 Å². The van der Waals surface area contributed by atoms with E-state index >= 15 is 0 Å². The molecule has 0 fully saturated rings. The molecule has 0 atom stereocenters. The summed E-state index contributed by atoms with van der Waals surface area (Å²) in [6, 6.07) is 12.7. The van der Waals surface area contributed by atoms with Crippen LogP contribution in [0.1, 0.15) is 6.42 Å². The molecule has 0 bridgehead atoms. The highest BCUT2D eigenvalue weighted by atomic mass is 35.5. The zero-order valence-electron chi connectivity index (χ0n) is 14.4. The third-order valence-corrected chi connectivity index (χ3v) is 3.82. The van der Waals surface area contributed by atoms with E-state index in [9.17, 15) is 14.9 Å². The molecule has 0 spiro atoms. The molecule has 140 valence electrons. The standard InChI is InChI=1S/C18H16ClN3O5/c1-26-15-6-7-17(16(11-15)22(24)25)27-12-18(23)21(9-3-8-20)14-5-2-4-13(19)10-14/h2,4-7,10-11H,3,9,12H2,1H3. The average molecular weight is 390 g/mol. The van der Waals surface area contributed by atoms with Crippen LogP contribution in [0.15, 0.2) is 42.5 Å². The number of carbonyl (C=O) groups excluding carboxylic acids is 1. The van der Waals surface area contributed by atoms with Crippen molar-refractivity contribution in [1.29, 1.82) is 5.26 Å². The Morgan fingerprint density at radius 3 is 2.74 bits per heavy atom. The smallest absolute Gasteiger partial charge is 0.314 e. The number of anilines is 1. The van der Waals surface area contributed by atoms with Gasteiger partial charge in [-0.1, -0.05) is 17.7 Å². The van der Waals surface area contributed by atoms with Crippen molar-refractivity contribution in [3.05, 3.63) is 57.6 Å². The number of nitrogens with zero attached hydrogens (tertiary/aromatic N) is 3. The summed E-state index contributed by atoms with van der Waals surface area (Å²) in [5.41, 5.74) is 0.198. The maximum atomic E-state index is 12.6. The number of benzene rings is 2. The fraction of sp³-hybridized carbons (Fsp3) is 0.222. The number of amides is 1. The number of ether oxygens (including phenoxy) is 2. The van der Waals surface area contributed by atoms with Gasteiger partial charge in [-0.05, 0) is 30.3 Å². The average Bonchev–Trinajstić information content (AvgIpc) is 2.66. The predicted molar refractivity (Wildman–Crippen MR) is 99.2 cm³/mol. The number of methoxy groups -OCH3 is 1. The minimum Gasteiger partial charge on any atom is -0.496 e. The van der Waals surface area contributed by atoms with Crippen LogP contribution in [0, 0.1) is 21.4 Å². The number of nitriles is 1. The van der Waals surface area contributed by atoms with Gasteiger partial charge in [-0.25, -0.2) is 0 Å². The van der Waals surface area contributed by atoms with Gasteiger partial charge in [0.25, 0.3) is 5.91 Å². The molecule has 2 aromatic rings. The predicted octanol–water partition coefficient (Wildman–Crippen LogP) is 3.58. The molecule has 0 heterocycles. The second-order valence-corrected chi connectivity index (χ2v) is 5.75. The number of halogens is 1. The lowest BCUT2D eigenvalue weighted by Crippen LogP contribution is -2.35. The van der Waals surface area contributed by atoms with Gasteiger partial charge in [0.05, 0.1) is 30.6 Å². The van der Waals surface area contributed by atoms with E-state index in [4.69, 9.17) is 26.3 Å². The van der Waals surface area contributed by atoms with Gasteiger partial charge < -0.3 is 14.4 Å². The van der Waals surface area contributed by atoms with E-state index in [1.807, 2.05) is 6.07 Å². The summed E-state index contributed by atoms with van der Waals surface area (Å²) in [6.45, 7) is -0.297. The molecule has 27 heavy (non-hydrogen) atoms. The van der Waals surface area contributed by atoms with E-state index in [0.717, 1.165) is 0 Å². The summed E-state index contributed by atoms with van der Waals surface area (Å²) in [5.74, 6) is -0.215. The Bertz CT molecular complexity index is 882. The van der Waals surface area contributed by atoms with Gasteiger partial charge in [0.2, 0.25) is 0 Å². The van der Waals surface area contributed by atoms with Crippen molar-refractivity contribution in [2.24, 2.45) is 0 Å². The Kier molecular flexibility index (Phi) is 6.97. The monoisotopic (exact) mass is 389 g/mol. The first-order chi connectivity index (χ1) is 13.0. The van der Waals surface area contributed by atoms with Gasteiger partial charge in [-0.3, -0.25) is 14.9 Å². The molecule has 0 aliphatic rings. The normalized spacial score (nSPS) is 9.96. The van der Waals surface area contributed by atoms with Gasteiger partial charge in [-0.15, -0.1) is 0 Å². The quantitative estimate of drug-likeness (QED) is 0.504. The molecule has 1 amide bonds. The van der Waals surface area contributed by atoms with Crippen LogP contribution in [0.4, 0.5) is 11.4 Å². The fourth-order valence-electron chi connectivity index (χ4n) is 2.31. The molecular formula is C18H16ClN3O5. The van der Waals surface area contributed by atoms with E-state index in [-0.39, 0.29) is 24.4 Å². The zero-order chi connectivity index (χ0) is 19.8. The van der Waals surface area contributed by atoms with Crippen molar-refractivity contribution in [3.8, 4) is 17.6 Å². The number of carbonyl (C=O) groups is 1. The van der Waals surface area contributed by atoms with Crippen LogP contribution in [-0.4, -0.2) is 31.1 Å². The minimum atomic E-state index is -0.618. The van der Waals surface area contributed by atoms with Crippen LogP contribution in [-0.2, 0) is 4.79 Å². The summed E-state index contributed by atoms with van der Waals surface area (Å²) in [7, 11) is 1.39. The fourth-order valence-corrected chi connectivity index (χ4v) is 2.49. The number of hydrogen-bond donors (Lipinski definition) is 0. The van der Waals surface area contributed by atoms with Crippen LogP contribution in [0.2, 0.25) is 5.02 Å². The topological polar surface area (TPSA) is 106 Å². The molecule has 2 aromatic carbocycles. The Labute approximate surface area is 160 Å². The third kappa shape index (κ3) is 5.33. The second-order valence-electron chi connectivity index (χ2n) is 5.31. The first kappa shape index (κ1) is 20.0. The highest BCUT2D eigenvalue weighted by molar-refractivity contribution is 6.30. The van der Waals surface area contributed by atoms with Crippen molar-refractivity contribution in [2.45, 2.75) is 6.42 Å². The molecule has 0 N–H and O–H groups in total. The van der Waals surface area contributed by atoms with Crippen molar-refractivity contribution in [2.75, 3.05) is 25.2 Å². The molecule has 2 rings (SSSR count). The van der Waals surface area contributed by atoms with Gasteiger partial charge in [-0.2, -0.15) is 5.26 Å². The lowest BCUT2D eigenvalue weighted by atomic mass is 10.2. The molecule has 8 nitrogen and oxygen atoms in total. The maximum Gasteiger partial charge on any atom is 0.314 e. The summed E-state index contributed by atoms with van der Waals surface area (Å²) in [4.78, 5) is 24.5. The molecule has 0 aromatic heterocycles. The highest BCUT2D eigenvalue weighted by Gasteiger charge is 2.21. The van der Waals surface area contributed by atoms with Crippen molar-refractivity contribution in [1.82, 2.24) is 0 Å². The van der Waals surface area contributed by atoms with E-state index < -0.39 is 17.4 Å². The van der Waals surface area contributed by atoms with Crippen LogP contribution in [0.5, 0.6) is 11.5 Å². The largest absolute Gasteiger partial charge is 0.496 e. The zero-order valence-corrected chi connectivity index (χ0v) is 15.2. The number of rotatable bonds is 8. The number of nitro benzene ring substituents is 1. The maximum absolute atomic E-state index is 12.6. The lowest BCUT2D eigenvalue weighted by Gasteiger charge is -2.22. The van der Waals surface area contributed by atoms with E-state index in [1.165, 1.54) is 30.2 Å². The molecule has 0 unspecified atom stereocenters. The van der Waals surface area contributed by atoms with E-state index in [0.29, 0.717) is 16.5 Å². The third-order valence-electron chi connectivity index (χ3n) is 3.58. The lowest BCUT2D eigenvalue weighted by molar-refractivity contribution is -0.385. The van der Waals surface area contributed by atoms with Crippen molar-refractivity contribution < 1.29 is 19.2 Å². The van der Waals surface area contributed by atoms with Crippen LogP contribution >= 0.6 is 11.6 Å². The van der Waals surface area contributed by atoms with Crippen LogP contribution < -0.4 is 14.4 Å². The van der Waals surface area contributed by atoms with Gasteiger partial charge in [0, 0.05) is 17.3 Å². The molecule has 0 saturated heterocycles. The molecular weight excluding hydrogens is 374 g/mol. The van der Waals surface area contributed by atoms with Crippen molar-refractivity contribution in [3.63, 3.8) is 0 Å². The SMILES string of the molecule is COc1ccc(OCC(=O)N(CCC#N)c2cccc(Cl)c2)c([N+](=O)[O-])c1. The molecule has 9 heteroatoms. The van der Waals surface area contributed by atoms with E-state index in [1.54, 1.807) is 24.3 Å². The number of nitro groups is 1. The molecule has 0 saturated carbocycles. The highest BCUT2D eigenvalue weighted by Crippen LogP contribution is 2.31. The van der Waals surface area contributed by atoms with Crippen molar-refractivity contribution >= 4 is 28.9 Å². The summed E-state index contributed by atoms with van der Waals surface area (Å²) >= 11 is 5.96. The van der Waals surface area contributed by atoms with Gasteiger partial charge in [0.15, 0.2) is 12.4 Å². The van der Waals surface area contributed by atoms with Gasteiger partial charge in [0.1, 0.15) is 5.75 Å². The minimum absolute atomic E-state index is 0.0551. The van der Waals surface area contributed by atoms with Crippen LogP contribution in [0.25, 0.3) is 0 Å². The molecule has 0 aliphatic carbocycles. The Morgan fingerprint density at radius 2 is 2.11 bits per heavy atom. The Hall–Kier alpha value is -3.31.